The molecule has 1 saturated heterocycles. The number of hydrogen-bond acceptors (Lipinski definition) is 5. The van der Waals surface area contributed by atoms with Crippen LogP contribution in [0.3, 0.4) is 0 Å². The molecule has 2 aliphatic heterocycles. The summed E-state index contributed by atoms with van der Waals surface area (Å²) in [6.07, 6.45) is 0. The van der Waals surface area contributed by atoms with Crippen LogP contribution in [0.5, 0.6) is 17.2 Å². The quantitative estimate of drug-likeness (QED) is 0.542. The van der Waals surface area contributed by atoms with E-state index in [1.807, 2.05) is 36.4 Å². The summed E-state index contributed by atoms with van der Waals surface area (Å²) in [6.45, 7) is 0.384. The first-order chi connectivity index (χ1) is 12.9. The zero-order chi connectivity index (χ0) is 19.4. The monoisotopic (exact) mass is 425 g/mol. The predicted octanol–water partition coefficient (Wildman–Crippen LogP) is 4.19. The molecule has 0 radical (unpaired) electrons. The highest BCUT2D eigenvalue weighted by Gasteiger charge is 2.73. The Bertz CT molecular complexity index is 919. The van der Waals surface area contributed by atoms with E-state index in [0.717, 1.165) is 21.8 Å². The molecule has 1 fully saturated rings. The van der Waals surface area contributed by atoms with Gasteiger partial charge in [0.25, 0.3) is 5.91 Å². The van der Waals surface area contributed by atoms with Gasteiger partial charge < -0.3 is 19.1 Å². The minimum atomic E-state index is -1.57. The van der Waals surface area contributed by atoms with Crippen LogP contribution in [0.1, 0.15) is 11.1 Å². The molecule has 2 aromatic rings. The number of β-lactam (4-membered cyclic amide) rings is 1. The van der Waals surface area contributed by atoms with Crippen molar-refractivity contribution in [3.63, 3.8) is 0 Å². The van der Waals surface area contributed by atoms with Crippen molar-refractivity contribution in [2.24, 2.45) is 0 Å². The van der Waals surface area contributed by atoms with Crippen LogP contribution in [-0.4, -0.2) is 36.5 Å². The molecule has 1 atom stereocenters. The third-order valence-electron chi connectivity index (χ3n) is 4.95. The zero-order valence-corrected chi connectivity index (χ0v) is 17.2. The Labute approximate surface area is 171 Å². The number of rotatable bonds is 4. The van der Waals surface area contributed by atoms with Crippen molar-refractivity contribution in [3.05, 3.63) is 47.5 Å². The summed E-state index contributed by atoms with van der Waals surface area (Å²) >= 11 is 14.6. The lowest BCUT2D eigenvalue weighted by Gasteiger charge is -2.61. The molecular formula is C19H17Cl2NO4S. The predicted molar refractivity (Wildman–Crippen MR) is 105 cm³/mol. The normalized spacial score (nSPS) is 22.4. The number of nitrogens with zero attached hydrogens (tertiary/aromatic N) is 1. The standard InChI is InChI=1S/C19H17Cl2NO4S/c1-24-13-6-4-12(5-7-13)19-18(20,21)17(23)22(19)10-11-8-14(25-2)15(26-3)9-16(11)27-19/h4-9H,10H2,1-3H3. The van der Waals surface area contributed by atoms with Gasteiger partial charge in [0, 0.05) is 11.4 Å². The highest BCUT2D eigenvalue weighted by Crippen LogP contribution is 2.67. The van der Waals surface area contributed by atoms with Crippen LogP contribution in [0.25, 0.3) is 0 Å². The number of amides is 1. The third kappa shape index (κ3) is 2.43. The van der Waals surface area contributed by atoms with Gasteiger partial charge >= 0.3 is 0 Å². The molecule has 0 aromatic heterocycles. The summed E-state index contributed by atoms with van der Waals surface area (Å²) in [5, 5.41) is 0. The van der Waals surface area contributed by atoms with Gasteiger partial charge in [-0.2, -0.15) is 0 Å². The molecule has 142 valence electrons. The Morgan fingerprint density at radius 3 is 2.22 bits per heavy atom. The second-order valence-corrected chi connectivity index (χ2v) is 8.82. The van der Waals surface area contributed by atoms with Crippen molar-refractivity contribution in [3.8, 4) is 17.2 Å². The fourth-order valence-corrected chi connectivity index (χ4v) is 5.86. The molecule has 0 aliphatic carbocycles. The van der Waals surface area contributed by atoms with E-state index in [9.17, 15) is 4.79 Å². The molecule has 1 amide bonds. The minimum absolute atomic E-state index is 0.311. The van der Waals surface area contributed by atoms with Crippen LogP contribution in [0.15, 0.2) is 41.3 Å². The van der Waals surface area contributed by atoms with Gasteiger partial charge in [-0.25, -0.2) is 0 Å². The van der Waals surface area contributed by atoms with Gasteiger partial charge in [0.15, 0.2) is 16.4 Å². The molecule has 0 N–H and O–H groups in total. The number of halogens is 2. The molecule has 0 saturated carbocycles. The molecule has 0 spiro atoms. The van der Waals surface area contributed by atoms with Crippen molar-refractivity contribution in [1.82, 2.24) is 4.90 Å². The Hall–Kier alpha value is -1.76. The van der Waals surface area contributed by atoms with Gasteiger partial charge in [-0.15, -0.1) is 0 Å². The minimum Gasteiger partial charge on any atom is -0.497 e. The Balaban J connectivity index is 1.85. The van der Waals surface area contributed by atoms with Crippen molar-refractivity contribution < 1.29 is 19.0 Å². The van der Waals surface area contributed by atoms with Crippen molar-refractivity contribution in [1.29, 1.82) is 0 Å². The average molecular weight is 426 g/mol. The van der Waals surface area contributed by atoms with Crippen LogP contribution in [0.2, 0.25) is 0 Å². The number of hydrogen-bond donors (Lipinski definition) is 0. The maximum Gasteiger partial charge on any atom is 0.264 e. The van der Waals surface area contributed by atoms with E-state index in [1.54, 1.807) is 26.2 Å². The zero-order valence-electron chi connectivity index (χ0n) is 14.9. The number of benzene rings is 2. The van der Waals surface area contributed by atoms with Crippen molar-refractivity contribution >= 4 is 40.9 Å². The van der Waals surface area contributed by atoms with Gasteiger partial charge in [-0.05, 0) is 35.4 Å². The van der Waals surface area contributed by atoms with Crippen LogP contribution >= 0.6 is 35.0 Å². The first-order valence-corrected chi connectivity index (χ1v) is 9.74. The maximum absolute atomic E-state index is 12.7. The van der Waals surface area contributed by atoms with Crippen LogP contribution < -0.4 is 14.2 Å². The second-order valence-electron chi connectivity index (χ2n) is 6.26. The summed E-state index contributed by atoms with van der Waals surface area (Å²) in [5.74, 6) is 1.64. The third-order valence-corrected chi connectivity index (χ3v) is 7.71. The lowest BCUT2D eigenvalue weighted by atomic mass is 9.90. The lowest BCUT2D eigenvalue weighted by Crippen LogP contribution is -2.74. The van der Waals surface area contributed by atoms with Crippen LogP contribution in [0.4, 0.5) is 0 Å². The smallest absolute Gasteiger partial charge is 0.264 e. The second kappa shape index (κ2) is 6.40. The number of ether oxygens (including phenoxy) is 3. The molecule has 0 bridgehead atoms. The van der Waals surface area contributed by atoms with E-state index >= 15 is 0 Å². The maximum atomic E-state index is 12.7. The summed E-state index contributed by atoms with van der Waals surface area (Å²) < 4.78 is 14.5. The molecule has 2 aliphatic rings. The SMILES string of the molecule is COc1ccc(C23Sc4cc(OC)c(OC)cc4CN2C(=O)C3(Cl)Cl)cc1. The molecule has 4 rings (SSSR count). The van der Waals surface area contributed by atoms with Gasteiger partial charge in [0.05, 0.1) is 21.3 Å². The molecule has 2 heterocycles. The Morgan fingerprint density at radius 2 is 1.63 bits per heavy atom. The Morgan fingerprint density at radius 1 is 1.00 bits per heavy atom. The highest BCUT2D eigenvalue weighted by atomic mass is 35.5. The largest absolute Gasteiger partial charge is 0.497 e. The fraction of sp³-hybridized carbons (Fsp3) is 0.316. The fourth-order valence-electron chi connectivity index (χ4n) is 3.54. The molecule has 27 heavy (non-hydrogen) atoms. The van der Waals surface area contributed by atoms with Gasteiger partial charge in [0.1, 0.15) is 5.75 Å². The van der Waals surface area contributed by atoms with Gasteiger partial charge in [0.2, 0.25) is 4.33 Å². The summed E-state index contributed by atoms with van der Waals surface area (Å²) in [7, 11) is 4.77. The van der Waals surface area contributed by atoms with Crippen LogP contribution in [-0.2, 0) is 16.2 Å². The summed E-state index contributed by atoms with van der Waals surface area (Å²) in [4.78, 5) is 14.4. The first-order valence-electron chi connectivity index (χ1n) is 8.17. The van der Waals surface area contributed by atoms with E-state index in [4.69, 9.17) is 37.4 Å². The lowest BCUT2D eigenvalue weighted by molar-refractivity contribution is -0.153. The average Bonchev–Trinajstić information content (AvgIpc) is 2.71. The Kier molecular flexibility index (Phi) is 4.41. The summed E-state index contributed by atoms with van der Waals surface area (Å²) in [6, 6.07) is 11.2. The number of carbonyl (C=O) groups is 1. The molecule has 2 aromatic carbocycles. The van der Waals surface area contributed by atoms with E-state index in [2.05, 4.69) is 0 Å². The van der Waals surface area contributed by atoms with Crippen molar-refractivity contribution in [2.75, 3.05) is 21.3 Å². The molecule has 1 unspecified atom stereocenters. The van der Waals surface area contributed by atoms with Gasteiger partial charge in [-0.3, -0.25) is 4.79 Å². The van der Waals surface area contributed by atoms with E-state index < -0.39 is 9.20 Å². The topological polar surface area (TPSA) is 48.0 Å². The summed E-state index contributed by atoms with van der Waals surface area (Å²) in [5.41, 5.74) is 1.79. The molecule has 8 heteroatoms. The van der Waals surface area contributed by atoms with E-state index in [-0.39, 0.29) is 5.91 Å². The number of methoxy groups -OCH3 is 3. The number of fused-ring (bicyclic) bond motifs is 2. The molecular weight excluding hydrogens is 409 g/mol. The highest BCUT2D eigenvalue weighted by molar-refractivity contribution is 8.00. The van der Waals surface area contributed by atoms with Crippen molar-refractivity contribution in [2.45, 2.75) is 20.6 Å². The number of alkyl halides is 2. The van der Waals surface area contributed by atoms with Crippen LogP contribution in [0, 0.1) is 0 Å². The number of carbonyl (C=O) groups excluding carboxylic acids is 1. The van der Waals surface area contributed by atoms with Gasteiger partial charge in [-0.1, -0.05) is 47.1 Å². The van der Waals surface area contributed by atoms with E-state index in [1.165, 1.54) is 11.8 Å². The molecule has 5 nitrogen and oxygen atoms in total. The number of thioether (sulfide) groups is 1. The van der Waals surface area contributed by atoms with E-state index in [0.29, 0.717) is 18.0 Å². The first kappa shape index (κ1) is 18.6.